The second-order valence-corrected chi connectivity index (χ2v) is 5.16. The Kier molecular flexibility index (Phi) is 3.53. The van der Waals surface area contributed by atoms with Crippen molar-refractivity contribution in [1.82, 2.24) is 5.32 Å². The summed E-state index contributed by atoms with van der Waals surface area (Å²) in [5, 5.41) is 3.00. The van der Waals surface area contributed by atoms with Crippen LogP contribution in [0.4, 0.5) is 0 Å². The van der Waals surface area contributed by atoms with Gasteiger partial charge in [0.2, 0.25) is 5.91 Å². The molecule has 1 amide bonds. The first kappa shape index (κ1) is 11.5. The van der Waals surface area contributed by atoms with Crippen LogP contribution in [0, 0.1) is 11.3 Å². The fourth-order valence-electron chi connectivity index (χ4n) is 1.47. The molecule has 0 aromatic heterocycles. The molecule has 1 fully saturated rings. The monoisotopic (exact) mass is 198 g/mol. The van der Waals surface area contributed by atoms with Crippen molar-refractivity contribution < 1.29 is 4.79 Å². The summed E-state index contributed by atoms with van der Waals surface area (Å²) in [5.41, 5.74) is 5.84. The number of nitrogens with two attached hydrogens (primary N) is 1. The Hall–Kier alpha value is -0.570. The minimum atomic E-state index is 0.178. The quantitative estimate of drug-likeness (QED) is 0.715. The Bertz CT molecular complexity index is 207. The first-order valence-electron chi connectivity index (χ1n) is 5.48. The molecule has 1 aliphatic rings. The number of hydrogen-bond donors (Lipinski definition) is 2. The summed E-state index contributed by atoms with van der Waals surface area (Å²) in [6, 6.07) is 0.255. The van der Waals surface area contributed by atoms with E-state index in [-0.39, 0.29) is 23.3 Å². The predicted octanol–water partition coefficient (Wildman–Crippen LogP) is 1.28. The molecule has 0 atom stereocenters. The van der Waals surface area contributed by atoms with Crippen molar-refractivity contribution in [2.45, 2.75) is 46.1 Å². The lowest BCUT2D eigenvalue weighted by Gasteiger charge is -2.32. The molecular formula is C11H22N2O. The zero-order valence-corrected chi connectivity index (χ0v) is 9.47. The fraction of sp³-hybridized carbons (Fsp3) is 0.909. The predicted molar refractivity (Wildman–Crippen MR) is 57.8 cm³/mol. The molecule has 0 bridgehead atoms. The number of carbonyl (C=O) groups is 1. The smallest absolute Gasteiger partial charge is 0.223 e. The van der Waals surface area contributed by atoms with Crippen LogP contribution in [0.1, 0.15) is 40.0 Å². The molecule has 0 unspecified atom stereocenters. The minimum absolute atomic E-state index is 0.178. The van der Waals surface area contributed by atoms with Gasteiger partial charge in [-0.3, -0.25) is 4.79 Å². The summed E-state index contributed by atoms with van der Waals surface area (Å²) in [4.78, 5) is 11.6. The third-order valence-electron chi connectivity index (χ3n) is 3.24. The molecule has 1 rings (SSSR count). The average Bonchev–Trinajstić information content (AvgIpc) is 2.09. The highest BCUT2D eigenvalue weighted by atomic mass is 16.1. The first-order valence-corrected chi connectivity index (χ1v) is 5.48. The third kappa shape index (κ3) is 2.98. The topological polar surface area (TPSA) is 55.1 Å². The van der Waals surface area contributed by atoms with Crippen LogP contribution in [-0.4, -0.2) is 18.5 Å². The van der Waals surface area contributed by atoms with E-state index in [4.69, 9.17) is 5.73 Å². The molecule has 3 N–H and O–H groups in total. The van der Waals surface area contributed by atoms with E-state index in [2.05, 4.69) is 26.1 Å². The van der Waals surface area contributed by atoms with Gasteiger partial charge in [-0.25, -0.2) is 0 Å². The first-order chi connectivity index (χ1) is 6.44. The molecule has 0 saturated heterocycles. The summed E-state index contributed by atoms with van der Waals surface area (Å²) in [6.07, 6.45) is 2.80. The average molecular weight is 198 g/mol. The lowest BCUT2D eigenvalue weighted by atomic mass is 9.80. The van der Waals surface area contributed by atoms with Crippen molar-refractivity contribution in [3.8, 4) is 0 Å². The van der Waals surface area contributed by atoms with Crippen LogP contribution >= 0.6 is 0 Å². The summed E-state index contributed by atoms with van der Waals surface area (Å²) < 4.78 is 0. The summed E-state index contributed by atoms with van der Waals surface area (Å²) in [6.45, 7) is 7.25. The van der Waals surface area contributed by atoms with Gasteiger partial charge in [-0.15, -0.1) is 0 Å². The minimum Gasteiger partial charge on any atom is -0.355 e. The summed E-state index contributed by atoms with van der Waals surface area (Å²) in [7, 11) is 0. The highest BCUT2D eigenvalue weighted by Gasteiger charge is 2.32. The Morgan fingerprint density at radius 2 is 2.07 bits per heavy atom. The summed E-state index contributed by atoms with van der Waals surface area (Å²) >= 11 is 0. The van der Waals surface area contributed by atoms with Gasteiger partial charge in [0.25, 0.3) is 0 Å². The molecule has 3 nitrogen and oxygen atoms in total. The summed E-state index contributed by atoms with van der Waals surface area (Å²) in [5.74, 6) is 0.367. The van der Waals surface area contributed by atoms with E-state index in [0.29, 0.717) is 0 Å². The lowest BCUT2D eigenvalue weighted by molar-refractivity contribution is -0.128. The van der Waals surface area contributed by atoms with E-state index in [1.54, 1.807) is 0 Å². The maximum absolute atomic E-state index is 11.6. The zero-order valence-electron chi connectivity index (χ0n) is 9.47. The van der Waals surface area contributed by atoms with E-state index in [1.165, 1.54) is 0 Å². The standard InChI is InChI=1S/C11H22N2O/c1-4-11(2,3)7-13-10(14)8-5-9(12)6-8/h8-9H,4-7,12H2,1-3H3,(H,13,14). The van der Waals surface area contributed by atoms with Gasteiger partial charge in [0.05, 0.1) is 0 Å². The molecule has 3 heteroatoms. The van der Waals surface area contributed by atoms with Crippen molar-refractivity contribution in [2.24, 2.45) is 17.1 Å². The molecule has 82 valence electrons. The van der Waals surface area contributed by atoms with Crippen molar-refractivity contribution in [1.29, 1.82) is 0 Å². The Labute approximate surface area is 86.4 Å². The van der Waals surface area contributed by atoms with Crippen LogP contribution in [0.2, 0.25) is 0 Å². The van der Waals surface area contributed by atoms with Crippen LogP contribution in [0.5, 0.6) is 0 Å². The van der Waals surface area contributed by atoms with Crippen molar-refractivity contribution in [3.05, 3.63) is 0 Å². The van der Waals surface area contributed by atoms with Gasteiger partial charge in [0, 0.05) is 18.5 Å². The van der Waals surface area contributed by atoms with Crippen LogP contribution in [0.25, 0.3) is 0 Å². The van der Waals surface area contributed by atoms with Crippen LogP contribution in [0.15, 0.2) is 0 Å². The van der Waals surface area contributed by atoms with E-state index >= 15 is 0 Å². The number of hydrogen-bond acceptors (Lipinski definition) is 2. The molecule has 0 aromatic rings. The molecule has 14 heavy (non-hydrogen) atoms. The maximum atomic E-state index is 11.6. The number of rotatable bonds is 4. The van der Waals surface area contributed by atoms with Gasteiger partial charge in [-0.05, 0) is 24.7 Å². The highest BCUT2D eigenvalue weighted by molar-refractivity contribution is 5.79. The van der Waals surface area contributed by atoms with Crippen LogP contribution in [-0.2, 0) is 4.79 Å². The van der Waals surface area contributed by atoms with E-state index < -0.39 is 0 Å². The van der Waals surface area contributed by atoms with Gasteiger partial charge in [0.15, 0.2) is 0 Å². The SMILES string of the molecule is CCC(C)(C)CNC(=O)C1CC(N)C1. The molecule has 0 radical (unpaired) electrons. The molecule has 0 aliphatic heterocycles. The third-order valence-corrected chi connectivity index (χ3v) is 3.24. The van der Waals surface area contributed by atoms with E-state index in [1.807, 2.05) is 0 Å². The van der Waals surface area contributed by atoms with Gasteiger partial charge in [-0.1, -0.05) is 20.8 Å². The van der Waals surface area contributed by atoms with Crippen LogP contribution < -0.4 is 11.1 Å². The second-order valence-electron chi connectivity index (χ2n) is 5.16. The Morgan fingerprint density at radius 3 is 2.50 bits per heavy atom. The van der Waals surface area contributed by atoms with Gasteiger partial charge >= 0.3 is 0 Å². The normalized spacial score (nSPS) is 26.9. The Morgan fingerprint density at radius 1 is 1.50 bits per heavy atom. The highest BCUT2D eigenvalue weighted by Crippen LogP contribution is 2.26. The van der Waals surface area contributed by atoms with Gasteiger partial charge < -0.3 is 11.1 Å². The number of nitrogens with one attached hydrogen (secondary N) is 1. The lowest BCUT2D eigenvalue weighted by Crippen LogP contribution is -2.46. The molecule has 0 spiro atoms. The van der Waals surface area contributed by atoms with Gasteiger partial charge in [-0.2, -0.15) is 0 Å². The molecular weight excluding hydrogens is 176 g/mol. The van der Waals surface area contributed by atoms with E-state index in [0.717, 1.165) is 25.8 Å². The Balaban J connectivity index is 2.22. The molecule has 1 saturated carbocycles. The maximum Gasteiger partial charge on any atom is 0.223 e. The molecule has 0 aromatic carbocycles. The van der Waals surface area contributed by atoms with Crippen LogP contribution in [0.3, 0.4) is 0 Å². The fourth-order valence-corrected chi connectivity index (χ4v) is 1.47. The van der Waals surface area contributed by atoms with Crippen molar-refractivity contribution >= 4 is 5.91 Å². The van der Waals surface area contributed by atoms with E-state index in [9.17, 15) is 4.79 Å². The second kappa shape index (κ2) is 4.30. The number of amides is 1. The largest absolute Gasteiger partial charge is 0.355 e. The van der Waals surface area contributed by atoms with Crippen molar-refractivity contribution in [2.75, 3.05) is 6.54 Å². The van der Waals surface area contributed by atoms with Crippen molar-refractivity contribution in [3.63, 3.8) is 0 Å². The molecule has 1 aliphatic carbocycles. The molecule has 0 heterocycles. The zero-order chi connectivity index (χ0) is 10.8. The van der Waals surface area contributed by atoms with Gasteiger partial charge in [0.1, 0.15) is 0 Å². The number of carbonyl (C=O) groups excluding carboxylic acids is 1.